The monoisotopic (exact) mass is 486 g/mol. The van der Waals surface area contributed by atoms with E-state index in [9.17, 15) is 13.2 Å². The van der Waals surface area contributed by atoms with Crippen LogP contribution in [0.15, 0.2) is 46.2 Å². The summed E-state index contributed by atoms with van der Waals surface area (Å²) in [6.07, 6.45) is 10.3. The third-order valence-electron chi connectivity index (χ3n) is 6.84. The summed E-state index contributed by atoms with van der Waals surface area (Å²) in [5.41, 5.74) is 4.22. The number of benzene rings is 2. The zero-order valence-electron chi connectivity index (χ0n) is 19.6. The van der Waals surface area contributed by atoms with E-state index in [0.717, 1.165) is 55.7 Å². The molecule has 2 aliphatic rings. The Balaban J connectivity index is 1.60. The molecule has 4 rings (SSSR count). The van der Waals surface area contributed by atoms with E-state index in [1.807, 2.05) is 18.1 Å². The van der Waals surface area contributed by atoms with Gasteiger partial charge >= 0.3 is 0 Å². The molecular weight excluding hydrogens is 452 g/mol. The largest absolute Gasteiger partial charge is 0.339 e. The number of piperidine rings is 1. The number of amides is 1. The molecule has 0 spiro atoms. The predicted octanol–water partition coefficient (Wildman–Crippen LogP) is 5.34. The molecule has 5 nitrogen and oxygen atoms in total. The first-order valence-electron chi connectivity index (χ1n) is 12.0. The maximum absolute atomic E-state index is 13.4. The zero-order chi connectivity index (χ0) is 23.4. The molecule has 1 amide bonds. The average molecular weight is 487 g/mol. The molecule has 33 heavy (non-hydrogen) atoms. The minimum atomic E-state index is -3.78. The van der Waals surface area contributed by atoms with Gasteiger partial charge in [-0.1, -0.05) is 25.1 Å². The summed E-state index contributed by atoms with van der Waals surface area (Å²) >= 11 is 1.47. The zero-order valence-corrected chi connectivity index (χ0v) is 21.2. The minimum Gasteiger partial charge on any atom is -0.339 e. The third kappa shape index (κ3) is 5.47. The van der Waals surface area contributed by atoms with Gasteiger partial charge in [0.1, 0.15) is 0 Å². The summed E-state index contributed by atoms with van der Waals surface area (Å²) in [7, 11) is -3.78. The van der Waals surface area contributed by atoms with Gasteiger partial charge in [0.15, 0.2) is 0 Å². The van der Waals surface area contributed by atoms with E-state index in [2.05, 4.69) is 22.9 Å². The third-order valence-corrected chi connectivity index (χ3v) is 9.10. The van der Waals surface area contributed by atoms with Crippen molar-refractivity contribution in [2.24, 2.45) is 0 Å². The fourth-order valence-corrected chi connectivity index (χ4v) is 6.81. The second-order valence-corrected chi connectivity index (χ2v) is 11.6. The first-order chi connectivity index (χ1) is 15.9. The topological polar surface area (TPSA) is 66.5 Å². The van der Waals surface area contributed by atoms with E-state index < -0.39 is 10.0 Å². The number of hydrogen-bond acceptors (Lipinski definition) is 4. The molecule has 0 unspecified atom stereocenters. The van der Waals surface area contributed by atoms with Gasteiger partial charge in [0, 0.05) is 24.0 Å². The Morgan fingerprint density at radius 1 is 1.00 bits per heavy atom. The van der Waals surface area contributed by atoms with E-state index in [4.69, 9.17) is 0 Å². The van der Waals surface area contributed by atoms with Gasteiger partial charge in [-0.15, -0.1) is 11.8 Å². The highest BCUT2D eigenvalue weighted by Gasteiger charge is 2.26. The van der Waals surface area contributed by atoms with Crippen molar-refractivity contribution in [2.45, 2.75) is 74.1 Å². The lowest BCUT2D eigenvalue weighted by atomic mass is 9.89. The van der Waals surface area contributed by atoms with Crippen LogP contribution in [0.1, 0.15) is 78.5 Å². The van der Waals surface area contributed by atoms with Gasteiger partial charge in [-0.25, -0.2) is 13.1 Å². The molecule has 0 bridgehead atoms. The number of likely N-dealkylation sites (tertiary alicyclic amines) is 1. The van der Waals surface area contributed by atoms with E-state index in [1.165, 1.54) is 35.7 Å². The highest BCUT2D eigenvalue weighted by atomic mass is 32.2. The molecule has 2 aromatic rings. The summed E-state index contributed by atoms with van der Waals surface area (Å²) in [4.78, 5) is 16.0. The second kappa shape index (κ2) is 10.6. The molecule has 2 aromatic carbocycles. The Hall–Kier alpha value is -1.83. The predicted molar refractivity (Wildman–Crippen MR) is 134 cm³/mol. The van der Waals surface area contributed by atoms with Crippen molar-refractivity contribution in [1.29, 1.82) is 0 Å². The fraction of sp³-hybridized carbons (Fsp3) is 0.500. The standard InChI is InChI=1S/C26H34N2O3S2/c1-3-24(21-12-11-19-9-5-6-10-20(19)17-21)27-33(30,31)22-13-14-25(32-2)23(18-22)26(29)28-15-7-4-8-16-28/h11-14,17-18,24,27H,3-10,15-16H2,1-2H3/t24-/m0/s1. The van der Waals surface area contributed by atoms with Crippen molar-refractivity contribution in [2.75, 3.05) is 19.3 Å². The van der Waals surface area contributed by atoms with E-state index in [-0.39, 0.29) is 16.8 Å². The Morgan fingerprint density at radius 3 is 2.42 bits per heavy atom. The summed E-state index contributed by atoms with van der Waals surface area (Å²) < 4.78 is 29.6. The highest BCUT2D eigenvalue weighted by molar-refractivity contribution is 7.98. The maximum Gasteiger partial charge on any atom is 0.255 e. The normalized spacial score (nSPS) is 17.5. The van der Waals surface area contributed by atoms with Gasteiger partial charge < -0.3 is 4.90 Å². The molecule has 1 N–H and O–H groups in total. The van der Waals surface area contributed by atoms with Crippen LogP contribution in [-0.4, -0.2) is 38.6 Å². The molecule has 178 valence electrons. The maximum atomic E-state index is 13.4. The molecule has 1 fully saturated rings. The molecule has 0 radical (unpaired) electrons. The summed E-state index contributed by atoms with van der Waals surface area (Å²) in [6.45, 7) is 3.46. The van der Waals surface area contributed by atoms with Gasteiger partial charge in [0.05, 0.1) is 10.5 Å². The number of rotatable bonds is 7. The van der Waals surface area contributed by atoms with Crippen LogP contribution >= 0.6 is 11.8 Å². The second-order valence-electron chi connectivity index (χ2n) is 9.03. The molecule has 0 aromatic heterocycles. The number of nitrogens with one attached hydrogen (secondary N) is 1. The van der Waals surface area contributed by atoms with Gasteiger partial charge in [-0.2, -0.15) is 0 Å². The number of hydrogen-bond donors (Lipinski definition) is 1. The quantitative estimate of drug-likeness (QED) is 0.536. The smallest absolute Gasteiger partial charge is 0.255 e. The van der Waals surface area contributed by atoms with Crippen LogP contribution in [0.3, 0.4) is 0 Å². The minimum absolute atomic E-state index is 0.0715. The number of carbonyl (C=O) groups excluding carboxylic acids is 1. The van der Waals surface area contributed by atoms with Crippen LogP contribution in [0, 0.1) is 0 Å². The molecule has 1 saturated heterocycles. The lowest BCUT2D eigenvalue weighted by molar-refractivity contribution is 0.0720. The number of fused-ring (bicyclic) bond motifs is 1. The van der Waals surface area contributed by atoms with Crippen molar-refractivity contribution in [1.82, 2.24) is 9.62 Å². The van der Waals surface area contributed by atoms with Crippen molar-refractivity contribution < 1.29 is 13.2 Å². The summed E-state index contributed by atoms with van der Waals surface area (Å²) in [5.74, 6) is -0.0715. The van der Waals surface area contributed by atoms with Crippen molar-refractivity contribution >= 4 is 27.7 Å². The number of nitrogens with zero attached hydrogens (tertiary/aromatic N) is 1. The van der Waals surface area contributed by atoms with Crippen LogP contribution in [0.4, 0.5) is 0 Å². The fourth-order valence-electron chi connectivity index (χ4n) is 4.90. The molecule has 1 heterocycles. The van der Waals surface area contributed by atoms with Crippen LogP contribution in [0.25, 0.3) is 0 Å². The number of thioether (sulfide) groups is 1. The highest BCUT2D eigenvalue weighted by Crippen LogP contribution is 2.29. The molecule has 7 heteroatoms. The van der Waals surface area contributed by atoms with Crippen LogP contribution < -0.4 is 4.72 Å². The first-order valence-corrected chi connectivity index (χ1v) is 14.7. The Labute approximate surface area is 202 Å². The summed E-state index contributed by atoms with van der Waals surface area (Å²) in [6, 6.07) is 11.0. The first kappa shape index (κ1) is 24.3. The number of carbonyl (C=O) groups is 1. The molecule has 1 atom stereocenters. The van der Waals surface area contributed by atoms with Gasteiger partial charge in [-0.3, -0.25) is 4.79 Å². The van der Waals surface area contributed by atoms with Gasteiger partial charge in [0.2, 0.25) is 10.0 Å². The number of sulfonamides is 1. The SMILES string of the molecule is CC[C@H](NS(=O)(=O)c1ccc(SC)c(C(=O)N2CCCCC2)c1)c1ccc2c(c1)CCCC2. The summed E-state index contributed by atoms with van der Waals surface area (Å²) in [5, 5.41) is 0. The molecular formula is C26H34N2O3S2. The Bertz CT molecular complexity index is 1110. The average Bonchev–Trinajstić information content (AvgIpc) is 2.86. The van der Waals surface area contributed by atoms with E-state index in [0.29, 0.717) is 12.0 Å². The molecule has 1 aliphatic heterocycles. The lowest BCUT2D eigenvalue weighted by Crippen LogP contribution is -2.36. The molecule has 1 aliphatic carbocycles. The Morgan fingerprint density at radius 2 is 1.73 bits per heavy atom. The van der Waals surface area contributed by atoms with E-state index >= 15 is 0 Å². The Kier molecular flexibility index (Phi) is 7.82. The lowest BCUT2D eigenvalue weighted by Gasteiger charge is -2.27. The van der Waals surface area contributed by atoms with Crippen LogP contribution in [0.2, 0.25) is 0 Å². The van der Waals surface area contributed by atoms with Crippen LogP contribution in [0.5, 0.6) is 0 Å². The van der Waals surface area contributed by atoms with E-state index in [1.54, 1.807) is 18.2 Å². The van der Waals surface area contributed by atoms with Gasteiger partial charge in [0.25, 0.3) is 5.91 Å². The van der Waals surface area contributed by atoms with Crippen molar-refractivity contribution in [3.63, 3.8) is 0 Å². The molecule has 0 saturated carbocycles. The van der Waals surface area contributed by atoms with Crippen LogP contribution in [-0.2, 0) is 22.9 Å². The van der Waals surface area contributed by atoms with Crippen molar-refractivity contribution in [3.05, 3.63) is 58.7 Å². The van der Waals surface area contributed by atoms with Crippen molar-refractivity contribution in [3.8, 4) is 0 Å². The van der Waals surface area contributed by atoms with Gasteiger partial charge in [-0.05, 0) is 92.5 Å². The number of aryl methyl sites for hydroxylation is 2.